The first-order chi connectivity index (χ1) is 11.7. The van der Waals surface area contributed by atoms with Crippen molar-refractivity contribution in [3.05, 3.63) is 35.4 Å². The van der Waals surface area contributed by atoms with Gasteiger partial charge >= 0.3 is 5.97 Å². The number of carboxylic acid groups (broad SMARTS) is 1. The Kier molecular flexibility index (Phi) is 6.19. The molecule has 1 aromatic rings. The van der Waals surface area contributed by atoms with Crippen LogP contribution in [0, 0.1) is 6.92 Å². The number of hydrogen-bond donors (Lipinski definition) is 1. The summed E-state index contributed by atoms with van der Waals surface area (Å²) >= 11 is 0. The van der Waals surface area contributed by atoms with Crippen LogP contribution in [0.25, 0.3) is 0 Å². The van der Waals surface area contributed by atoms with E-state index in [-0.39, 0.29) is 18.6 Å². The van der Waals surface area contributed by atoms with E-state index in [4.69, 9.17) is 9.84 Å². The van der Waals surface area contributed by atoms with Gasteiger partial charge in [0.15, 0.2) is 0 Å². The molecule has 1 aliphatic rings. The van der Waals surface area contributed by atoms with E-state index >= 15 is 0 Å². The summed E-state index contributed by atoms with van der Waals surface area (Å²) in [5, 5.41) is 8.86. The van der Waals surface area contributed by atoms with Crippen LogP contribution in [0.1, 0.15) is 25.0 Å². The molecule has 138 valence electrons. The van der Waals surface area contributed by atoms with E-state index in [0.29, 0.717) is 26.2 Å². The molecular weight excluding hydrogens is 320 g/mol. The molecule has 2 rings (SSSR count). The third-order valence-electron chi connectivity index (χ3n) is 4.65. The summed E-state index contributed by atoms with van der Waals surface area (Å²) in [7, 11) is 1.74. The number of carbonyl (C=O) groups excluding carboxylic acids is 1. The third kappa shape index (κ3) is 5.03. The van der Waals surface area contributed by atoms with Crippen LogP contribution in [0.2, 0.25) is 0 Å². The maximum Gasteiger partial charge on any atom is 0.317 e. The second kappa shape index (κ2) is 7.97. The van der Waals surface area contributed by atoms with Crippen molar-refractivity contribution in [2.75, 3.05) is 39.8 Å². The van der Waals surface area contributed by atoms with Gasteiger partial charge in [0, 0.05) is 19.6 Å². The topological polar surface area (TPSA) is 70.1 Å². The van der Waals surface area contributed by atoms with E-state index in [9.17, 15) is 9.59 Å². The minimum Gasteiger partial charge on any atom is -0.480 e. The highest BCUT2D eigenvalue weighted by Crippen LogP contribution is 2.27. The number of amides is 1. The molecule has 1 saturated heterocycles. The molecular formula is C19H28N2O4. The lowest BCUT2D eigenvalue weighted by molar-refractivity contribution is -0.146. The van der Waals surface area contributed by atoms with Crippen LogP contribution in [-0.2, 0) is 19.7 Å². The molecule has 1 heterocycles. The molecule has 0 aliphatic carbocycles. The maximum atomic E-state index is 13.1. The average molecular weight is 348 g/mol. The van der Waals surface area contributed by atoms with Crippen LogP contribution < -0.4 is 0 Å². The number of ether oxygens (including phenoxy) is 1. The highest BCUT2D eigenvalue weighted by atomic mass is 16.5. The third-order valence-corrected chi connectivity index (χ3v) is 4.65. The Hall–Kier alpha value is -1.92. The molecule has 1 aliphatic heterocycles. The first-order valence-electron chi connectivity index (χ1n) is 8.58. The summed E-state index contributed by atoms with van der Waals surface area (Å²) in [5.41, 5.74) is 1.55. The molecule has 1 fully saturated rings. The number of nitrogens with zero attached hydrogens (tertiary/aromatic N) is 2. The number of aryl methyl sites for hydroxylation is 1. The predicted octanol–water partition coefficient (Wildman–Crippen LogP) is 1.52. The fourth-order valence-corrected chi connectivity index (χ4v) is 3.15. The van der Waals surface area contributed by atoms with Gasteiger partial charge in [-0.05, 0) is 33.4 Å². The van der Waals surface area contributed by atoms with Crippen molar-refractivity contribution < 1.29 is 19.4 Å². The molecule has 1 unspecified atom stereocenters. The Bertz CT molecular complexity index is 612. The Labute approximate surface area is 149 Å². The fourth-order valence-electron chi connectivity index (χ4n) is 3.15. The van der Waals surface area contributed by atoms with Crippen molar-refractivity contribution in [2.45, 2.75) is 32.3 Å². The zero-order chi connectivity index (χ0) is 18.6. The van der Waals surface area contributed by atoms with E-state index in [2.05, 4.69) is 0 Å². The van der Waals surface area contributed by atoms with Gasteiger partial charge in [-0.3, -0.25) is 14.5 Å². The van der Waals surface area contributed by atoms with Crippen molar-refractivity contribution in [2.24, 2.45) is 0 Å². The van der Waals surface area contributed by atoms with Gasteiger partial charge in [-0.2, -0.15) is 0 Å². The minimum atomic E-state index is -0.869. The summed E-state index contributed by atoms with van der Waals surface area (Å²) in [6, 6.07) is 8.05. The first-order valence-corrected chi connectivity index (χ1v) is 8.58. The minimum absolute atomic E-state index is 0.0390. The molecule has 0 spiro atoms. The quantitative estimate of drug-likeness (QED) is 0.844. The number of rotatable bonds is 6. The number of carboxylic acids is 1. The molecule has 25 heavy (non-hydrogen) atoms. The average Bonchev–Trinajstić information content (AvgIpc) is 2.54. The van der Waals surface area contributed by atoms with Crippen LogP contribution in [0.5, 0.6) is 0 Å². The zero-order valence-corrected chi connectivity index (χ0v) is 15.5. The van der Waals surface area contributed by atoms with Gasteiger partial charge in [-0.15, -0.1) is 0 Å². The SMILES string of the molecule is Cc1ccc(C(C)(C)C(=O)N2CCOC(CN(C)CC(=O)O)C2)cc1. The number of carbonyl (C=O) groups is 2. The molecule has 0 radical (unpaired) electrons. The summed E-state index contributed by atoms with van der Waals surface area (Å²) in [4.78, 5) is 27.4. The second-order valence-corrected chi connectivity index (χ2v) is 7.33. The van der Waals surface area contributed by atoms with Crippen molar-refractivity contribution in [1.29, 1.82) is 0 Å². The van der Waals surface area contributed by atoms with E-state index in [0.717, 1.165) is 5.56 Å². The van der Waals surface area contributed by atoms with Crippen LogP contribution >= 0.6 is 0 Å². The van der Waals surface area contributed by atoms with Gasteiger partial charge in [0.1, 0.15) is 0 Å². The Morgan fingerprint density at radius 1 is 1.32 bits per heavy atom. The Morgan fingerprint density at radius 2 is 1.96 bits per heavy atom. The van der Waals surface area contributed by atoms with Crippen molar-refractivity contribution in [3.63, 3.8) is 0 Å². The second-order valence-electron chi connectivity index (χ2n) is 7.33. The van der Waals surface area contributed by atoms with Crippen LogP contribution in [-0.4, -0.2) is 72.7 Å². The summed E-state index contributed by atoms with van der Waals surface area (Å²) in [5.74, 6) is -0.794. The van der Waals surface area contributed by atoms with Crippen molar-refractivity contribution >= 4 is 11.9 Å². The number of hydrogen-bond acceptors (Lipinski definition) is 4. The van der Waals surface area contributed by atoms with Crippen molar-refractivity contribution in [3.8, 4) is 0 Å². The highest BCUT2D eigenvalue weighted by Gasteiger charge is 2.36. The molecule has 1 amide bonds. The monoisotopic (exact) mass is 348 g/mol. The van der Waals surface area contributed by atoms with Gasteiger partial charge in [-0.1, -0.05) is 29.8 Å². The molecule has 1 N–H and O–H groups in total. The number of benzene rings is 1. The van der Waals surface area contributed by atoms with Gasteiger partial charge in [0.2, 0.25) is 5.91 Å². The van der Waals surface area contributed by atoms with E-state index in [1.807, 2.05) is 49.9 Å². The Morgan fingerprint density at radius 3 is 2.56 bits per heavy atom. The van der Waals surface area contributed by atoms with Gasteiger partial charge in [0.25, 0.3) is 0 Å². The standard InChI is InChI=1S/C19H28N2O4/c1-14-5-7-15(8-6-14)19(2,3)18(24)21-9-10-25-16(12-21)11-20(4)13-17(22)23/h5-8,16H,9-13H2,1-4H3,(H,22,23). The zero-order valence-electron chi connectivity index (χ0n) is 15.5. The van der Waals surface area contributed by atoms with E-state index in [1.165, 1.54) is 5.56 Å². The lowest BCUT2D eigenvalue weighted by atomic mass is 9.82. The molecule has 1 aromatic carbocycles. The van der Waals surface area contributed by atoms with Crippen LogP contribution in [0.3, 0.4) is 0 Å². The van der Waals surface area contributed by atoms with Gasteiger partial charge < -0.3 is 14.7 Å². The first kappa shape index (κ1) is 19.4. The highest BCUT2D eigenvalue weighted by molar-refractivity contribution is 5.87. The lowest BCUT2D eigenvalue weighted by Crippen LogP contribution is -2.53. The van der Waals surface area contributed by atoms with Crippen molar-refractivity contribution in [1.82, 2.24) is 9.80 Å². The summed E-state index contributed by atoms with van der Waals surface area (Å²) in [6.45, 7) is 7.89. The molecule has 1 atom stereocenters. The molecule has 0 bridgehead atoms. The van der Waals surface area contributed by atoms with Gasteiger partial charge in [-0.25, -0.2) is 0 Å². The van der Waals surface area contributed by atoms with Gasteiger partial charge in [0.05, 0.1) is 24.7 Å². The normalized spacial score (nSPS) is 18.4. The molecule has 6 nitrogen and oxygen atoms in total. The molecule has 6 heteroatoms. The Balaban J connectivity index is 2.03. The number of likely N-dealkylation sites (N-methyl/N-ethyl adjacent to an activating group) is 1. The number of morpholine rings is 1. The van der Waals surface area contributed by atoms with E-state index < -0.39 is 11.4 Å². The predicted molar refractivity (Wildman–Crippen MR) is 95.7 cm³/mol. The summed E-state index contributed by atoms with van der Waals surface area (Å²) in [6.07, 6.45) is -0.170. The lowest BCUT2D eigenvalue weighted by Gasteiger charge is -2.38. The summed E-state index contributed by atoms with van der Waals surface area (Å²) < 4.78 is 5.72. The molecule has 0 saturated carbocycles. The largest absolute Gasteiger partial charge is 0.480 e. The number of aliphatic carboxylic acids is 1. The fraction of sp³-hybridized carbons (Fsp3) is 0.579. The smallest absolute Gasteiger partial charge is 0.317 e. The van der Waals surface area contributed by atoms with Crippen LogP contribution in [0.15, 0.2) is 24.3 Å². The van der Waals surface area contributed by atoms with E-state index in [1.54, 1.807) is 11.9 Å². The maximum absolute atomic E-state index is 13.1. The van der Waals surface area contributed by atoms with Crippen LogP contribution in [0.4, 0.5) is 0 Å². The molecule has 0 aromatic heterocycles.